The molecule has 0 aromatic carbocycles. The highest BCUT2D eigenvalue weighted by atomic mass is 16.2. The Morgan fingerprint density at radius 1 is 1.39 bits per heavy atom. The van der Waals surface area contributed by atoms with E-state index in [2.05, 4.69) is 17.3 Å². The second kappa shape index (κ2) is 7.11. The monoisotopic (exact) mass is 250 g/mol. The maximum absolute atomic E-state index is 11.8. The first kappa shape index (κ1) is 14.6. The summed E-state index contributed by atoms with van der Waals surface area (Å²) in [5.74, 6) is 0.147. The Morgan fingerprint density at radius 2 is 2.00 bits per heavy atom. The van der Waals surface area contributed by atoms with Gasteiger partial charge in [-0.1, -0.05) is 0 Å². The van der Waals surface area contributed by atoms with Crippen molar-refractivity contribution >= 4 is 11.6 Å². The largest absolute Gasteiger partial charge is 0.394 e. The van der Waals surface area contributed by atoms with Gasteiger partial charge in [0.05, 0.1) is 5.92 Å². The summed E-state index contributed by atoms with van der Waals surface area (Å²) in [6, 6.07) is 3.97. The standard InChI is InChI=1S/C14H24N3O/c1-12(2)14(18)17-10-6-13(7-11-17)16(4)9-5-8-15-3/h6-7,10-12,15H,5,8-9H2,1-4H3/q+1. The summed E-state index contributed by atoms with van der Waals surface area (Å²) in [7, 11) is 4.03. The lowest BCUT2D eigenvalue weighted by molar-refractivity contribution is -0.576. The van der Waals surface area contributed by atoms with Crippen molar-refractivity contribution < 1.29 is 9.36 Å². The highest BCUT2D eigenvalue weighted by Crippen LogP contribution is 2.09. The minimum absolute atomic E-state index is 0.0224. The molecule has 0 atom stereocenters. The lowest BCUT2D eigenvalue weighted by atomic mass is 10.2. The fraction of sp³-hybridized carbons (Fsp3) is 0.571. The number of carbonyl (C=O) groups excluding carboxylic acids is 1. The van der Waals surface area contributed by atoms with Crippen molar-refractivity contribution in [2.75, 3.05) is 32.1 Å². The Kier molecular flexibility index (Phi) is 5.78. The summed E-state index contributed by atoms with van der Waals surface area (Å²) in [4.78, 5) is 14.0. The molecule has 0 spiro atoms. The van der Waals surface area contributed by atoms with Crippen molar-refractivity contribution in [1.82, 2.24) is 5.32 Å². The molecule has 1 aromatic rings. The second-order valence-electron chi connectivity index (χ2n) is 4.84. The maximum atomic E-state index is 11.8. The number of hydrogen-bond donors (Lipinski definition) is 1. The van der Waals surface area contributed by atoms with Crippen LogP contribution in [0.3, 0.4) is 0 Å². The van der Waals surface area contributed by atoms with Gasteiger partial charge in [-0.2, -0.15) is 0 Å². The van der Waals surface area contributed by atoms with Crippen molar-refractivity contribution in [3.8, 4) is 0 Å². The summed E-state index contributed by atoms with van der Waals surface area (Å²) in [5.41, 5.74) is 1.14. The summed E-state index contributed by atoms with van der Waals surface area (Å²) in [6.45, 7) is 5.84. The van der Waals surface area contributed by atoms with Crippen molar-refractivity contribution in [2.45, 2.75) is 20.3 Å². The van der Waals surface area contributed by atoms with Crippen molar-refractivity contribution in [1.29, 1.82) is 0 Å². The molecule has 0 aliphatic rings. The smallest absolute Gasteiger partial charge is 0.374 e. The average Bonchev–Trinajstić information content (AvgIpc) is 2.38. The molecule has 0 bridgehead atoms. The molecule has 0 aliphatic carbocycles. The Bertz CT molecular complexity index is 373. The predicted molar refractivity (Wildman–Crippen MR) is 73.9 cm³/mol. The Morgan fingerprint density at radius 3 is 2.50 bits per heavy atom. The van der Waals surface area contributed by atoms with E-state index in [1.54, 1.807) is 4.57 Å². The summed E-state index contributed by atoms with van der Waals surface area (Å²) in [6.07, 6.45) is 4.78. The van der Waals surface area contributed by atoms with Gasteiger partial charge in [-0.25, -0.2) is 4.79 Å². The highest BCUT2D eigenvalue weighted by molar-refractivity contribution is 5.69. The third-order valence-corrected chi connectivity index (χ3v) is 2.92. The van der Waals surface area contributed by atoms with E-state index in [0.29, 0.717) is 0 Å². The zero-order valence-electron chi connectivity index (χ0n) is 11.8. The number of rotatable bonds is 6. The number of pyridine rings is 1. The Balaban J connectivity index is 2.62. The van der Waals surface area contributed by atoms with Crippen LogP contribution in [0, 0.1) is 5.92 Å². The Hall–Kier alpha value is -1.42. The predicted octanol–water partition coefficient (Wildman–Crippen LogP) is 1.32. The normalized spacial score (nSPS) is 10.7. The van der Waals surface area contributed by atoms with Crippen LogP contribution < -0.4 is 14.8 Å². The Labute approximate surface area is 110 Å². The minimum atomic E-state index is 0.0224. The molecule has 0 unspecified atom stereocenters. The summed E-state index contributed by atoms with van der Waals surface area (Å²) in [5, 5.41) is 3.14. The van der Waals surface area contributed by atoms with Crippen LogP contribution in [0.5, 0.6) is 0 Å². The van der Waals surface area contributed by atoms with Crippen LogP contribution in [0.1, 0.15) is 25.1 Å². The molecule has 0 fully saturated rings. The minimum Gasteiger partial charge on any atom is -0.374 e. The van der Waals surface area contributed by atoms with Crippen LogP contribution in [0.15, 0.2) is 24.5 Å². The summed E-state index contributed by atoms with van der Waals surface area (Å²) >= 11 is 0. The van der Waals surface area contributed by atoms with Crippen LogP contribution in [0.2, 0.25) is 0 Å². The molecule has 18 heavy (non-hydrogen) atoms. The summed E-state index contributed by atoms with van der Waals surface area (Å²) < 4.78 is 1.65. The van der Waals surface area contributed by atoms with Gasteiger partial charge < -0.3 is 10.2 Å². The number of hydrogen-bond acceptors (Lipinski definition) is 3. The van der Waals surface area contributed by atoms with Crippen LogP contribution in [0.25, 0.3) is 0 Å². The number of nitrogens with one attached hydrogen (secondary N) is 1. The van der Waals surface area contributed by atoms with E-state index in [0.717, 1.165) is 25.2 Å². The van der Waals surface area contributed by atoms with Crippen molar-refractivity contribution in [2.24, 2.45) is 5.92 Å². The highest BCUT2D eigenvalue weighted by Gasteiger charge is 2.18. The van der Waals surface area contributed by atoms with E-state index in [1.165, 1.54) is 0 Å². The van der Waals surface area contributed by atoms with E-state index >= 15 is 0 Å². The first-order valence-electron chi connectivity index (χ1n) is 6.47. The van der Waals surface area contributed by atoms with Gasteiger partial charge in [0.2, 0.25) is 0 Å². The molecule has 0 saturated heterocycles. The van der Waals surface area contributed by atoms with Gasteiger partial charge in [0, 0.05) is 31.4 Å². The van der Waals surface area contributed by atoms with E-state index in [9.17, 15) is 4.79 Å². The molecule has 0 aliphatic heterocycles. The van der Waals surface area contributed by atoms with Gasteiger partial charge in [-0.3, -0.25) is 0 Å². The van der Waals surface area contributed by atoms with Crippen LogP contribution in [-0.4, -0.2) is 33.1 Å². The third-order valence-electron chi connectivity index (χ3n) is 2.92. The second-order valence-corrected chi connectivity index (χ2v) is 4.84. The van der Waals surface area contributed by atoms with Gasteiger partial charge in [-0.15, -0.1) is 4.57 Å². The topological polar surface area (TPSA) is 36.2 Å². The lowest BCUT2D eigenvalue weighted by Crippen LogP contribution is -2.44. The van der Waals surface area contributed by atoms with Gasteiger partial charge in [0.15, 0.2) is 12.4 Å². The van der Waals surface area contributed by atoms with Gasteiger partial charge >= 0.3 is 5.91 Å². The van der Waals surface area contributed by atoms with Gasteiger partial charge in [-0.05, 0) is 33.9 Å². The fourth-order valence-corrected chi connectivity index (χ4v) is 1.74. The molecular formula is C14H24N3O+. The average molecular weight is 250 g/mol. The molecule has 1 heterocycles. The zero-order valence-corrected chi connectivity index (χ0v) is 11.8. The number of aromatic nitrogens is 1. The molecule has 100 valence electrons. The molecule has 1 N–H and O–H groups in total. The number of anilines is 1. The lowest BCUT2D eigenvalue weighted by Gasteiger charge is -2.18. The maximum Gasteiger partial charge on any atom is 0.394 e. The molecule has 4 nitrogen and oxygen atoms in total. The molecule has 0 amide bonds. The molecule has 0 saturated carbocycles. The van der Waals surface area contributed by atoms with E-state index < -0.39 is 0 Å². The van der Waals surface area contributed by atoms with Gasteiger partial charge in [0.25, 0.3) is 0 Å². The first-order valence-corrected chi connectivity index (χ1v) is 6.47. The van der Waals surface area contributed by atoms with Gasteiger partial charge in [0.1, 0.15) is 0 Å². The molecule has 1 aromatic heterocycles. The van der Waals surface area contributed by atoms with E-state index in [-0.39, 0.29) is 11.8 Å². The van der Waals surface area contributed by atoms with Crippen molar-refractivity contribution in [3.63, 3.8) is 0 Å². The first-order chi connectivity index (χ1) is 8.56. The van der Waals surface area contributed by atoms with E-state index in [4.69, 9.17) is 0 Å². The van der Waals surface area contributed by atoms with E-state index in [1.807, 2.05) is 45.4 Å². The van der Waals surface area contributed by atoms with Crippen LogP contribution in [0.4, 0.5) is 5.69 Å². The van der Waals surface area contributed by atoms with Crippen LogP contribution in [-0.2, 0) is 0 Å². The molecular weight excluding hydrogens is 226 g/mol. The fourth-order valence-electron chi connectivity index (χ4n) is 1.74. The SMILES string of the molecule is CNCCCN(C)c1cc[n+](C(=O)C(C)C)cc1. The molecule has 0 radical (unpaired) electrons. The zero-order chi connectivity index (χ0) is 13.5. The molecule has 4 heteroatoms. The van der Waals surface area contributed by atoms with Crippen molar-refractivity contribution in [3.05, 3.63) is 24.5 Å². The van der Waals surface area contributed by atoms with Crippen LogP contribution >= 0.6 is 0 Å². The third kappa shape index (κ3) is 4.11. The number of carbonyl (C=O) groups is 1. The number of nitrogens with zero attached hydrogens (tertiary/aromatic N) is 2. The quantitative estimate of drug-likeness (QED) is 0.611. The molecule has 1 rings (SSSR count).